The number of nitrogens with one attached hydrogen (secondary N) is 1. The van der Waals surface area contributed by atoms with Gasteiger partial charge in [-0.15, -0.1) is 0 Å². The van der Waals surface area contributed by atoms with Gasteiger partial charge in [0.1, 0.15) is 0 Å². The van der Waals surface area contributed by atoms with Gasteiger partial charge in [0, 0.05) is 0 Å². The van der Waals surface area contributed by atoms with Crippen LogP contribution in [0.1, 0.15) is 20.8 Å². The molecule has 1 atom stereocenters. The van der Waals surface area contributed by atoms with Crippen LogP contribution in [0, 0.1) is 0 Å². The van der Waals surface area contributed by atoms with Crippen molar-refractivity contribution in [3.8, 4) is 0 Å². The molecule has 15 heavy (non-hydrogen) atoms. The summed E-state index contributed by atoms with van der Waals surface area (Å²) in [7, 11) is 0. The largest absolute Gasteiger partial charge is 0.480 e. The van der Waals surface area contributed by atoms with Crippen molar-refractivity contribution >= 4 is 11.9 Å². The summed E-state index contributed by atoms with van der Waals surface area (Å²) in [5.74, 6) is -1.65. The van der Waals surface area contributed by atoms with Crippen molar-refractivity contribution < 1.29 is 19.4 Å². The second kappa shape index (κ2) is 5.67. The van der Waals surface area contributed by atoms with Crippen molar-refractivity contribution in [2.45, 2.75) is 32.4 Å². The Morgan fingerprint density at radius 1 is 1.47 bits per heavy atom. The zero-order valence-corrected chi connectivity index (χ0v) is 9.24. The minimum Gasteiger partial charge on any atom is -0.480 e. The lowest BCUT2D eigenvalue weighted by Gasteiger charge is -2.22. The fourth-order valence-electron chi connectivity index (χ4n) is 0.761. The number of amides is 1. The number of carbonyl (C=O) groups is 2. The smallest absolute Gasteiger partial charge is 0.328 e. The Labute approximate surface area is 88.8 Å². The van der Waals surface area contributed by atoms with Gasteiger partial charge in [-0.25, -0.2) is 4.79 Å². The molecule has 0 aliphatic heterocycles. The summed E-state index contributed by atoms with van der Waals surface area (Å²) in [4.78, 5) is 21.6. The number of nitrogens with two attached hydrogens (primary N) is 1. The molecule has 0 aromatic heterocycles. The molecule has 0 aromatic rings. The minimum absolute atomic E-state index is 0.0788. The molecule has 88 valence electrons. The van der Waals surface area contributed by atoms with Gasteiger partial charge in [0.15, 0.2) is 6.04 Å². The average molecular weight is 218 g/mol. The van der Waals surface area contributed by atoms with E-state index in [0.717, 1.165) is 0 Å². The predicted molar refractivity (Wildman–Crippen MR) is 54.3 cm³/mol. The standard InChI is InChI=1S/C9H18N2O4/c1-9(2,3)15-5-6(8(13)14)11-7(12)4-10/h6H,4-5,10H2,1-3H3,(H,11,12)(H,13,14)/t6-/m0/s1. The minimum atomic E-state index is -1.14. The van der Waals surface area contributed by atoms with E-state index in [-0.39, 0.29) is 13.2 Å². The first kappa shape index (κ1) is 13.9. The van der Waals surface area contributed by atoms with Gasteiger partial charge in [0.2, 0.25) is 5.91 Å². The summed E-state index contributed by atoms with van der Waals surface area (Å²) in [6.45, 7) is 5.09. The van der Waals surface area contributed by atoms with Gasteiger partial charge in [-0.1, -0.05) is 0 Å². The van der Waals surface area contributed by atoms with Crippen molar-refractivity contribution in [2.24, 2.45) is 5.73 Å². The molecule has 0 saturated heterocycles. The van der Waals surface area contributed by atoms with E-state index in [9.17, 15) is 9.59 Å². The number of hydrogen-bond donors (Lipinski definition) is 3. The molecule has 0 aromatic carbocycles. The predicted octanol–water partition coefficient (Wildman–Crippen LogP) is -0.670. The molecule has 0 spiro atoms. The maximum atomic E-state index is 10.9. The monoisotopic (exact) mass is 218 g/mol. The molecule has 0 radical (unpaired) electrons. The van der Waals surface area contributed by atoms with E-state index in [0.29, 0.717) is 0 Å². The van der Waals surface area contributed by atoms with Crippen LogP contribution in [0.4, 0.5) is 0 Å². The topological polar surface area (TPSA) is 102 Å². The highest BCUT2D eigenvalue weighted by molar-refractivity contribution is 5.84. The van der Waals surface area contributed by atoms with E-state index < -0.39 is 23.5 Å². The second-order valence-corrected chi connectivity index (χ2v) is 4.09. The molecule has 0 fully saturated rings. The molecule has 0 heterocycles. The van der Waals surface area contributed by atoms with E-state index in [2.05, 4.69) is 5.32 Å². The third-order valence-electron chi connectivity index (χ3n) is 1.50. The van der Waals surface area contributed by atoms with Gasteiger partial charge < -0.3 is 20.9 Å². The van der Waals surface area contributed by atoms with Gasteiger partial charge in [-0.2, -0.15) is 0 Å². The molecule has 0 aliphatic carbocycles. The Morgan fingerprint density at radius 3 is 2.33 bits per heavy atom. The number of hydrogen-bond acceptors (Lipinski definition) is 4. The van der Waals surface area contributed by atoms with E-state index in [1.54, 1.807) is 20.8 Å². The van der Waals surface area contributed by atoms with Crippen LogP contribution in [-0.4, -0.2) is 41.8 Å². The zero-order chi connectivity index (χ0) is 12.1. The normalized spacial score (nSPS) is 13.3. The van der Waals surface area contributed by atoms with Crippen LogP contribution in [0.2, 0.25) is 0 Å². The van der Waals surface area contributed by atoms with Crippen LogP contribution in [0.15, 0.2) is 0 Å². The van der Waals surface area contributed by atoms with E-state index in [1.807, 2.05) is 0 Å². The van der Waals surface area contributed by atoms with E-state index >= 15 is 0 Å². The van der Waals surface area contributed by atoms with Crippen LogP contribution in [0.25, 0.3) is 0 Å². The van der Waals surface area contributed by atoms with Gasteiger partial charge in [0.05, 0.1) is 18.8 Å². The molecular weight excluding hydrogens is 200 g/mol. The molecule has 1 amide bonds. The highest BCUT2D eigenvalue weighted by Crippen LogP contribution is 2.07. The van der Waals surface area contributed by atoms with Crippen LogP contribution in [0.5, 0.6) is 0 Å². The van der Waals surface area contributed by atoms with Crippen LogP contribution in [0.3, 0.4) is 0 Å². The molecule has 4 N–H and O–H groups in total. The number of carboxylic acids is 1. The SMILES string of the molecule is CC(C)(C)OC[C@H](NC(=O)CN)C(=O)O. The molecule has 0 bridgehead atoms. The van der Waals surface area contributed by atoms with Gasteiger partial charge >= 0.3 is 5.97 Å². The lowest BCUT2D eigenvalue weighted by Crippen LogP contribution is -2.47. The van der Waals surface area contributed by atoms with Crippen LogP contribution >= 0.6 is 0 Å². The lowest BCUT2D eigenvalue weighted by atomic mass is 10.2. The Balaban J connectivity index is 4.18. The van der Waals surface area contributed by atoms with Gasteiger partial charge in [0.25, 0.3) is 0 Å². The van der Waals surface area contributed by atoms with Crippen molar-refractivity contribution in [3.05, 3.63) is 0 Å². The Bertz CT molecular complexity index is 235. The van der Waals surface area contributed by atoms with Crippen LogP contribution in [-0.2, 0) is 14.3 Å². The Kier molecular flexibility index (Phi) is 5.24. The molecule has 0 rings (SSSR count). The van der Waals surface area contributed by atoms with Crippen molar-refractivity contribution in [1.82, 2.24) is 5.32 Å². The van der Waals surface area contributed by atoms with Crippen LogP contribution < -0.4 is 11.1 Å². The first-order chi connectivity index (χ1) is 6.76. The highest BCUT2D eigenvalue weighted by atomic mass is 16.5. The lowest BCUT2D eigenvalue weighted by molar-refractivity contribution is -0.145. The molecule has 0 saturated carbocycles. The highest BCUT2D eigenvalue weighted by Gasteiger charge is 2.22. The number of ether oxygens (including phenoxy) is 1. The summed E-state index contributed by atoms with van der Waals surface area (Å²) in [5, 5.41) is 11.0. The first-order valence-electron chi connectivity index (χ1n) is 4.62. The molecule has 6 nitrogen and oxygen atoms in total. The summed E-state index contributed by atoms with van der Waals surface area (Å²) in [6.07, 6.45) is 0. The third-order valence-corrected chi connectivity index (χ3v) is 1.50. The number of carbonyl (C=O) groups excluding carboxylic acids is 1. The molecule has 0 aliphatic rings. The van der Waals surface area contributed by atoms with E-state index in [1.165, 1.54) is 0 Å². The summed E-state index contributed by atoms with van der Waals surface area (Å²) in [5.41, 5.74) is 4.61. The van der Waals surface area contributed by atoms with Gasteiger partial charge in [-0.3, -0.25) is 4.79 Å². The second-order valence-electron chi connectivity index (χ2n) is 4.09. The molecule has 6 heteroatoms. The summed E-state index contributed by atoms with van der Waals surface area (Å²) < 4.78 is 5.26. The van der Waals surface area contributed by atoms with Gasteiger partial charge in [-0.05, 0) is 20.8 Å². The molecule has 0 unspecified atom stereocenters. The average Bonchev–Trinajstić information content (AvgIpc) is 2.09. The summed E-state index contributed by atoms with van der Waals surface area (Å²) in [6, 6.07) is -1.06. The van der Waals surface area contributed by atoms with Crippen molar-refractivity contribution in [1.29, 1.82) is 0 Å². The van der Waals surface area contributed by atoms with Crippen molar-refractivity contribution in [2.75, 3.05) is 13.2 Å². The maximum absolute atomic E-state index is 10.9. The first-order valence-corrected chi connectivity index (χ1v) is 4.62. The Hall–Kier alpha value is -1.14. The van der Waals surface area contributed by atoms with E-state index in [4.69, 9.17) is 15.6 Å². The molecular formula is C9H18N2O4. The maximum Gasteiger partial charge on any atom is 0.328 e. The number of aliphatic carboxylic acids is 1. The third kappa shape index (κ3) is 6.87. The fourth-order valence-corrected chi connectivity index (χ4v) is 0.761. The quantitative estimate of drug-likeness (QED) is 0.568. The Morgan fingerprint density at radius 2 is 2.00 bits per heavy atom. The summed E-state index contributed by atoms with van der Waals surface area (Å²) >= 11 is 0. The van der Waals surface area contributed by atoms with Crippen molar-refractivity contribution in [3.63, 3.8) is 0 Å². The number of carboxylic acid groups (broad SMARTS) is 1. The zero-order valence-electron chi connectivity index (χ0n) is 9.24. The fraction of sp³-hybridized carbons (Fsp3) is 0.778. The number of rotatable bonds is 5.